The van der Waals surface area contributed by atoms with Gasteiger partial charge in [-0.25, -0.2) is 15.0 Å². The normalized spacial score (nSPS) is 16.8. The smallest absolute Gasteiger partial charge is 0.222 e. The van der Waals surface area contributed by atoms with Crippen molar-refractivity contribution in [3.63, 3.8) is 0 Å². The maximum atomic E-state index is 12.0. The summed E-state index contributed by atoms with van der Waals surface area (Å²) in [4.78, 5) is 30.9. The highest BCUT2D eigenvalue weighted by Gasteiger charge is 2.26. The average molecular weight is 389 g/mol. The maximum Gasteiger partial charge on any atom is 0.222 e. The third-order valence-electron chi connectivity index (χ3n) is 5.65. The Morgan fingerprint density at radius 3 is 3.07 bits per heavy atom. The molecule has 0 unspecified atom stereocenters. The van der Waals surface area contributed by atoms with Crippen molar-refractivity contribution in [2.45, 2.75) is 25.8 Å². The number of H-pyrrole nitrogens is 1. The fourth-order valence-electron chi connectivity index (χ4n) is 4.07. The van der Waals surface area contributed by atoms with Crippen LogP contribution in [0.2, 0.25) is 0 Å². The minimum absolute atomic E-state index is 0.171. The zero-order valence-electron chi connectivity index (χ0n) is 16.5. The number of aryl methyl sites for hydroxylation is 1. The van der Waals surface area contributed by atoms with Gasteiger partial charge in [-0.1, -0.05) is 19.1 Å². The van der Waals surface area contributed by atoms with Crippen LogP contribution in [0.1, 0.15) is 19.8 Å². The molecular weight excluding hydrogens is 366 g/mol. The zero-order chi connectivity index (χ0) is 20.0. The van der Waals surface area contributed by atoms with Gasteiger partial charge in [-0.2, -0.15) is 0 Å². The number of benzene rings is 1. The van der Waals surface area contributed by atoms with Crippen molar-refractivity contribution in [1.29, 1.82) is 0 Å². The average Bonchev–Trinajstić information content (AvgIpc) is 3.46. The number of carbonyl (C=O) groups excluding carboxylic acids is 1. The predicted octanol–water partition coefficient (Wildman–Crippen LogP) is 2.93. The van der Waals surface area contributed by atoms with E-state index in [0.717, 1.165) is 41.0 Å². The quantitative estimate of drug-likeness (QED) is 0.560. The Bertz CT molecular complexity index is 1210. The number of nitrogens with zero attached hydrogens (tertiary/aromatic N) is 5. The molecule has 0 saturated carbocycles. The van der Waals surface area contributed by atoms with E-state index in [9.17, 15) is 4.79 Å². The zero-order valence-corrected chi connectivity index (χ0v) is 16.5. The molecule has 1 saturated heterocycles. The molecule has 29 heavy (non-hydrogen) atoms. The van der Waals surface area contributed by atoms with Gasteiger partial charge in [-0.15, -0.1) is 0 Å². The Kier molecular flexibility index (Phi) is 4.19. The molecule has 0 spiro atoms. The number of carbonyl (C=O) groups is 1. The molecule has 8 heteroatoms. The fourth-order valence-corrected chi connectivity index (χ4v) is 4.07. The molecule has 5 rings (SSSR count). The Morgan fingerprint density at radius 2 is 2.21 bits per heavy atom. The highest BCUT2D eigenvalue weighted by molar-refractivity contribution is 5.89. The number of hydrogen-bond donors (Lipinski definition) is 2. The van der Waals surface area contributed by atoms with E-state index in [1.165, 1.54) is 5.39 Å². The predicted molar refractivity (Wildman–Crippen MR) is 112 cm³/mol. The number of rotatable bonds is 4. The molecule has 8 nitrogen and oxygen atoms in total. The molecule has 2 N–H and O–H groups in total. The summed E-state index contributed by atoms with van der Waals surface area (Å²) in [6.45, 7) is 3.38. The van der Waals surface area contributed by atoms with E-state index in [2.05, 4.69) is 44.5 Å². The monoisotopic (exact) mass is 389 g/mol. The van der Waals surface area contributed by atoms with Gasteiger partial charge in [0.05, 0.1) is 0 Å². The van der Waals surface area contributed by atoms with Crippen LogP contribution >= 0.6 is 0 Å². The van der Waals surface area contributed by atoms with Crippen molar-refractivity contribution in [2.24, 2.45) is 7.05 Å². The first kappa shape index (κ1) is 17.7. The summed E-state index contributed by atoms with van der Waals surface area (Å²) in [5.74, 6) is 1.75. The third kappa shape index (κ3) is 3.00. The first-order valence-electron chi connectivity index (χ1n) is 9.93. The van der Waals surface area contributed by atoms with E-state index in [1.54, 1.807) is 6.33 Å². The van der Waals surface area contributed by atoms with Gasteiger partial charge >= 0.3 is 0 Å². The lowest BCUT2D eigenvalue weighted by molar-refractivity contribution is -0.129. The molecule has 1 atom stereocenters. The molecule has 1 fully saturated rings. The number of nitrogens with one attached hydrogen (secondary N) is 2. The summed E-state index contributed by atoms with van der Waals surface area (Å²) >= 11 is 0. The molecule has 4 heterocycles. The van der Waals surface area contributed by atoms with Gasteiger partial charge in [0.2, 0.25) is 5.91 Å². The van der Waals surface area contributed by atoms with Crippen LogP contribution in [0, 0.1) is 0 Å². The molecule has 1 amide bonds. The van der Waals surface area contributed by atoms with Crippen LogP contribution in [0.15, 0.2) is 36.8 Å². The summed E-state index contributed by atoms with van der Waals surface area (Å²) in [6, 6.07) is 8.48. The van der Waals surface area contributed by atoms with Crippen LogP contribution < -0.4 is 5.32 Å². The molecular formula is C21H23N7O. The molecule has 0 bridgehead atoms. The maximum absolute atomic E-state index is 12.0. The lowest BCUT2D eigenvalue weighted by Crippen LogP contribution is -2.31. The van der Waals surface area contributed by atoms with Crippen LogP contribution in [0.5, 0.6) is 0 Å². The first-order valence-corrected chi connectivity index (χ1v) is 9.93. The van der Waals surface area contributed by atoms with Crippen LogP contribution in [0.3, 0.4) is 0 Å². The van der Waals surface area contributed by atoms with E-state index in [1.807, 2.05) is 29.6 Å². The van der Waals surface area contributed by atoms with Crippen LogP contribution in [0.25, 0.3) is 33.5 Å². The van der Waals surface area contributed by atoms with Gasteiger partial charge in [-0.3, -0.25) is 4.79 Å². The molecule has 1 aromatic carbocycles. The molecule has 3 aromatic heterocycles. The van der Waals surface area contributed by atoms with Crippen molar-refractivity contribution >= 4 is 33.8 Å². The SMILES string of the molecule is CCC(=O)N1CC[C@H](Nc2ncnc3c2nc(-c2ccc4cc[nH]c4c2)n3C)C1. The summed E-state index contributed by atoms with van der Waals surface area (Å²) in [7, 11) is 1.97. The van der Waals surface area contributed by atoms with Crippen molar-refractivity contribution < 1.29 is 4.79 Å². The van der Waals surface area contributed by atoms with E-state index in [0.29, 0.717) is 18.8 Å². The Morgan fingerprint density at radius 1 is 1.31 bits per heavy atom. The second kappa shape index (κ2) is 6.88. The van der Waals surface area contributed by atoms with Gasteiger partial charge in [0.25, 0.3) is 0 Å². The minimum Gasteiger partial charge on any atom is -0.364 e. The van der Waals surface area contributed by atoms with Crippen molar-refractivity contribution in [3.05, 3.63) is 36.8 Å². The number of likely N-dealkylation sites (tertiary alicyclic amines) is 1. The number of anilines is 1. The molecule has 0 aliphatic carbocycles. The number of amides is 1. The highest BCUT2D eigenvalue weighted by atomic mass is 16.2. The largest absolute Gasteiger partial charge is 0.364 e. The Hall–Kier alpha value is -3.42. The summed E-state index contributed by atoms with van der Waals surface area (Å²) in [5.41, 5.74) is 3.62. The van der Waals surface area contributed by atoms with Crippen LogP contribution in [-0.2, 0) is 11.8 Å². The Labute approximate surface area is 168 Å². The minimum atomic E-state index is 0.171. The standard InChI is InChI=1S/C21H23N7O/c1-3-17(29)28-9-7-15(11-28)25-19-18-21(24-12-23-19)27(2)20(26-18)14-5-4-13-6-8-22-16(13)10-14/h4-6,8,10,12,15,22H,3,7,9,11H2,1-2H3,(H,23,24,25)/t15-/m0/s1. The van der Waals surface area contributed by atoms with Gasteiger partial charge in [-0.05, 0) is 23.9 Å². The number of fused-ring (bicyclic) bond motifs is 2. The van der Waals surface area contributed by atoms with Gasteiger partial charge in [0.15, 0.2) is 17.0 Å². The molecule has 1 aliphatic rings. The van der Waals surface area contributed by atoms with Crippen molar-refractivity contribution in [3.8, 4) is 11.4 Å². The lowest BCUT2D eigenvalue weighted by atomic mass is 10.1. The number of imidazole rings is 1. The van der Waals surface area contributed by atoms with E-state index in [4.69, 9.17) is 4.98 Å². The molecule has 0 radical (unpaired) electrons. The van der Waals surface area contributed by atoms with Crippen LogP contribution in [0.4, 0.5) is 5.82 Å². The molecule has 1 aliphatic heterocycles. The fraction of sp³-hybridized carbons (Fsp3) is 0.333. The second-order valence-corrected chi connectivity index (χ2v) is 7.49. The van der Waals surface area contributed by atoms with Crippen molar-refractivity contribution in [1.82, 2.24) is 29.4 Å². The number of hydrogen-bond acceptors (Lipinski definition) is 5. The third-order valence-corrected chi connectivity index (χ3v) is 5.65. The summed E-state index contributed by atoms with van der Waals surface area (Å²) in [5, 5.41) is 4.65. The van der Waals surface area contributed by atoms with Crippen LogP contribution in [-0.4, -0.2) is 54.4 Å². The summed E-state index contributed by atoms with van der Waals surface area (Å²) < 4.78 is 1.99. The Balaban J connectivity index is 1.48. The topological polar surface area (TPSA) is 91.7 Å². The van der Waals surface area contributed by atoms with E-state index >= 15 is 0 Å². The highest BCUT2D eigenvalue weighted by Crippen LogP contribution is 2.28. The van der Waals surface area contributed by atoms with E-state index in [-0.39, 0.29) is 11.9 Å². The van der Waals surface area contributed by atoms with E-state index < -0.39 is 0 Å². The molecule has 148 valence electrons. The first-order chi connectivity index (χ1) is 14.1. The lowest BCUT2D eigenvalue weighted by Gasteiger charge is -2.16. The number of aromatic nitrogens is 5. The number of aromatic amines is 1. The van der Waals surface area contributed by atoms with Gasteiger partial charge < -0.3 is 19.8 Å². The molecule has 4 aromatic rings. The summed E-state index contributed by atoms with van der Waals surface area (Å²) in [6.07, 6.45) is 4.94. The second-order valence-electron chi connectivity index (χ2n) is 7.49. The van der Waals surface area contributed by atoms with Gasteiger partial charge in [0.1, 0.15) is 12.2 Å². The van der Waals surface area contributed by atoms with Gasteiger partial charge in [0, 0.05) is 49.9 Å². The van der Waals surface area contributed by atoms with Crippen molar-refractivity contribution in [2.75, 3.05) is 18.4 Å².